The summed E-state index contributed by atoms with van der Waals surface area (Å²) >= 11 is 0. The minimum atomic E-state index is -0.0230. The van der Waals surface area contributed by atoms with Gasteiger partial charge in [0.2, 0.25) is 5.91 Å². The zero-order valence-corrected chi connectivity index (χ0v) is 13.3. The molecular formula is C17H17N5O2. The monoisotopic (exact) mass is 323 g/mol. The van der Waals surface area contributed by atoms with E-state index in [-0.39, 0.29) is 18.0 Å². The van der Waals surface area contributed by atoms with Gasteiger partial charge in [-0.2, -0.15) is 5.10 Å². The molecule has 1 amide bonds. The lowest BCUT2D eigenvalue weighted by atomic mass is 10.1. The van der Waals surface area contributed by atoms with Crippen molar-refractivity contribution in [2.75, 3.05) is 6.54 Å². The van der Waals surface area contributed by atoms with E-state index in [1.54, 1.807) is 22.8 Å². The summed E-state index contributed by atoms with van der Waals surface area (Å²) in [5, 5.41) is 5.31. The Bertz CT molecular complexity index is 988. The number of amides is 1. The highest BCUT2D eigenvalue weighted by Gasteiger charge is 2.24. The molecule has 1 aromatic carbocycles. The molecule has 0 radical (unpaired) electrons. The third-order valence-electron chi connectivity index (χ3n) is 4.47. The van der Waals surface area contributed by atoms with Crippen LogP contribution in [-0.2, 0) is 31.4 Å². The average molecular weight is 323 g/mol. The summed E-state index contributed by atoms with van der Waals surface area (Å²) in [6, 6.07) is 7.80. The van der Waals surface area contributed by atoms with Gasteiger partial charge in [-0.25, -0.2) is 4.98 Å². The fourth-order valence-corrected chi connectivity index (χ4v) is 3.11. The van der Waals surface area contributed by atoms with E-state index in [0.29, 0.717) is 30.8 Å². The summed E-state index contributed by atoms with van der Waals surface area (Å²) < 4.78 is 3.19. The highest BCUT2D eigenvalue weighted by molar-refractivity contribution is 5.82. The van der Waals surface area contributed by atoms with Crippen LogP contribution in [0.1, 0.15) is 11.3 Å². The van der Waals surface area contributed by atoms with Crippen LogP contribution in [0.2, 0.25) is 0 Å². The van der Waals surface area contributed by atoms with Gasteiger partial charge >= 0.3 is 0 Å². The van der Waals surface area contributed by atoms with Crippen LogP contribution in [0, 0.1) is 0 Å². The van der Waals surface area contributed by atoms with Crippen LogP contribution in [0.25, 0.3) is 10.9 Å². The number of carbonyl (C=O) groups excluding carboxylic acids is 1. The molecule has 1 aliphatic rings. The SMILES string of the molecule is Cn1cnc2c(c1=O)CCN(C(=O)Cn1ncc3ccccc31)C2. The molecule has 122 valence electrons. The number of para-hydroxylation sites is 1. The zero-order chi connectivity index (χ0) is 16.7. The minimum Gasteiger partial charge on any atom is -0.335 e. The Labute approximate surface area is 138 Å². The lowest BCUT2D eigenvalue weighted by molar-refractivity contribution is -0.133. The number of hydrogen-bond donors (Lipinski definition) is 0. The van der Waals surface area contributed by atoms with Crippen molar-refractivity contribution in [3.8, 4) is 0 Å². The lowest BCUT2D eigenvalue weighted by Gasteiger charge is -2.27. The van der Waals surface area contributed by atoms with Crippen molar-refractivity contribution in [1.29, 1.82) is 0 Å². The van der Waals surface area contributed by atoms with Crippen molar-refractivity contribution in [2.24, 2.45) is 7.05 Å². The maximum atomic E-state index is 12.6. The summed E-state index contributed by atoms with van der Waals surface area (Å²) in [6.07, 6.45) is 3.82. The predicted molar refractivity (Wildman–Crippen MR) is 88.3 cm³/mol. The van der Waals surface area contributed by atoms with Crippen molar-refractivity contribution < 1.29 is 4.79 Å². The van der Waals surface area contributed by atoms with E-state index >= 15 is 0 Å². The summed E-state index contributed by atoms with van der Waals surface area (Å²) in [6.45, 7) is 1.10. The van der Waals surface area contributed by atoms with E-state index in [1.807, 2.05) is 24.3 Å². The van der Waals surface area contributed by atoms with Gasteiger partial charge in [-0.3, -0.25) is 14.3 Å². The highest BCUT2D eigenvalue weighted by Crippen LogP contribution is 2.16. The number of fused-ring (bicyclic) bond motifs is 2. The van der Waals surface area contributed by atoms with Crippen LogP contribution < -0.4 is 5.56 Å². The average Bonchev–Trinajstić information content (AvgIpc) is 3.01. The molecule has 7 nitrogen and oxygen atoms in total. The minimum absolute atomic E-state index is 0.0167. The van der Waals surface area contributed by atoms with Gasteiger partial charge in [-0.1, -0.05) is 18.2 Å². The molecule has 7 heteroatoms. The van der Waals surface area contributed by atoms with E-state index in [1.165, 1.54) is 10.9 Å². The molecule has 0 N–H and O–H groups in total. The molecule has 4 rings (SSSR count). The van der Waals surface area contributed by atoms with Gasteiger partial charge in [0, 0.05) is 24.5 Å². The third-order valence-corrected chi connectivity index (χ3v) is 4.47. The fourth-order valence-electron chi connectivity index (χ4n) is 3.11. The fraction of sp³-hybridized carbons (Fsp3) is 0.294. The first-order valence-electron chi connectivity index (χ1n) is 7.85. The molecule has 0 unspecified atom stereocenters. The van der Waals surface area contributed by atoms with Crippen LogP contribution in [0.15, 0.2) is 41.6 Å². The van der Waals surface area contributed by atoms with E-state index in [4.69, 9.17) is 0 Å². The summed E-state index contributed by atoms with van der Waals surface area (Å²) in [5.41, 5.74) is 2.33. The number of carbonyl (C=O) groups is 1. The zero-order valence-electron chi connectivity index (χ0n) is 13.3. The summed E-state index contributed by atoms with van der Waals surface area (Å²) in [7, 11) is 1.69. The number of aromatic nitrogens is 4. The quantitative estimate of drug-likeness (QED) is 0.696. The molecule has 0 saturated heterocycles. The van der Waals surface area contributed by atoms with E-state index in [0.717, 1.165) is 10.9 Å². The van der Waals surface area contributed by atoms with Gasteiger partial charge < -0.3 is 9.47 Å². The molecule has 2 aromatic heterocycles. The molecule has 0 fully saturated rings. The second-order valence-electron chi connectivity index (χ2n) is 6.01. The Balaban J connectivity index is 1.55. The first-order valence-corrected chi connectivity index (χ1v) is 7.85. The van der Waals surface area contributed by atoms with Crippen LogP contribution >= 0.6 is 0 Å². The van der Waals surface area contributed by atoms with Gasteiger partial charge in [-0.05, 0) is 12.5 Å². The number of hydrogen-bond acceptors (Lipinski definition) is 4. The molecule has 3 aromatic rings. The Morgan fingerprint density at radius 3 is 3.00 bits per heavy atom. The Morgan fingerprint density at radius 1 is 1.29 bits per heavy atom. The standard InChI is InChI=1S/C17H17N5O2/c1-20-11-18-14-9-21(7-6-13(14)17(20)24)16(23)10-22-15-5-3-2-4-12(15)8-19-22/h2-5,8,11H,6-7,9-10H2,1H3. The van der Waals surface area contributed by atoms with Crippen LogP contribution in [0.3, 0.4) is 0 Å². The van der Waals surface area contributed by atoms with Crippen LogP contribution in [0.4, 0.5) is 0 Å². The van der Waals surface area contributed by atoms with Crippen molar-refractivity contribution in [2.45, 2.75) is 19.5 Å². The molecule has 0 aliphatic carbocycles. The molecule has 1 aliphatic heterocycles. The smallest absolute Gasteiger partial charge is 0.256 e. The number of nitrogens with zero attached hydrogens (tertiary/aromatic N) is 5. The number of benzene rings is 1. The van der Waals surface area contributed by atoms with E-state index < -0.39 is 0 Å². The van der Waals surface area contributed by atoms with Crippen molar-refractivity contribution in [3.63, 3.8) is 0 Å². The molecule has 0 saturated carbocycles. The predicted octanol–water partition coefficient (Wildman–Crippen LogP) is 0.715. The van der Waals surface area contributed by atoms with Gasteiger partial charge in [0.05, 0.1) is 30.3 Å². The molecule has 0 bridgehead atoms. The highest BCUT2D eigenvalue weighted by atomic mass is 16.2. The first kappa shape index (κ1) is 14.6. The first-order chi connectivity index (χ1) is 11.6. The van der Waals surface area contributed by atoms with E-state index in [9.17, 15) is 9.59 Å². The van der Waals surface area contributed by atoms with Crippen molar-refractivity contribution >= 4 is 16.8 Å². The lowest BCUT2D eigenvalue weighted by Crippen LogP contribution is -2.41. The Morgan fingerprint density at radius 2 is 2.12 bits per heavy atom. The molecule has 0 atom stereocenters. The largest absolute Gasteiger partial charge is 0.335 e. The summed E-state index contributed by atoms with van der Waals surface area (Å²) in [5.74, 6) is -0.0167. The number of rotatable bonds is 2. The van der Waals surface area contributed by atoms with Crippen LogP contribution in [-0.4, -0.2) is 36.7 Å². The van der Waals surface area contributed by atoms with Gasteiger partial charge in [0.25, 0.3) is 5.56 Å². The topological polar surface area (TPSA) is 73.0 Å². The normalized spacial score (nSPS) is 14.0. The molecule has 24 heavy (non-hydrogen) atoms. The molecule has 0 spiro atoms. The maximum absolute atomic E-state index is 12.6. The second kappa shape index (κ2) is 5.59. The maximum Gasteiger partial charge on any atom is 0.256 e. The Kier molecular flexibility index (Phi) is 3.41. The Hall–Kier alpha value is -2.96. The van der Waals surface area contributed by atoms with Crippen molar-refractivity contribution in [1.82, 2.24) is 24.2 Å². The van der Waals surface area contributed by atoms with Crippen molar-refractivity contribution in [3.05, 3.63) is 58.4 Å². The third kappa shape index (κ3) is 2.38. The van der Waals surface area contributed by atoms with Gasteiger partial charge in [0.15, 0.2) is 0 Å². The van der Waals surface area contributed by atoms with E-state index in [2.05, 4.69) is 10.1 Å². The summed E-state index contributed by atoms with van der Waals surface area (Å²) in [4.78, 5) is 30.8. The van der Waals surface area contributed by atoms with Crippen LogP contribution in [0.5, 0.6) is 0 Å². The number of aryl methyl sites for hydroxylation is 1. The molecule has 3 heterocycles. The second-order valence-corrected chi connectivity index (χ2v) is 6.01. The van der Waals surface area contributed by atoms with Gasteiger partial charge in [-0.15, -0.1) is 0 Å². The molecular weight excluding hydrogens is 306 g/mol. The van der Waals surface area contributed by atoms with Gasteiger partial charge in [0.1, 0.15) is 6.54 Å².